The summed E-state index contributed by atoms with van der Waals surface area (Å²) in [5.74, 6) is -1.62. The van der Waals surface area contributed by atoms with Crippen LogP contribution in [-0.2, 0) is 25.7 Å². The highest BCUT2D eigenvalue weighted by atomic mass is 32.1. The Labute approximate surface area is 153 Å². The van der Waals surface area contributed by atoms with Crippen molar-refractivity contribution in [1.29, 1.82) is 0 Å². The molecular weight excluding hydrogens is 360 g/mol. The SMILES string of the molecule is Cc1sc2ncn(CC(=O)OCC(=O)NCC(=O)N(C)C)c(=O)c2c1C. The lowest BCUT2D eigenvalue weighted by atomic mass is 10.2. The van der Waals surface area contributed by atoms with Crippen LogP contribution in [-0.4, -0.2) is 59.5 Å². The van der Waals surface area contributed by atoms with Gasteiger partial charge in [-0.3, -0.25) is 23.7 Å². The Kier molecular flexibility index (Phi) is 6.09. The quantitative estimate of drug-likeness (QED) is 0.696. The molecule has 2 rings (SSSR count). The third kappa shape index (κ3) is 4.45. The van der Waals surface area contributed by atoms with Crippen molar-refractivity contribution in [2.45, 2.75) is 20.4 Å². The summed E-state index contributed by atoms with van der Waals surface area (Å²) < 4.78 is 5.99. The van der Waals surface area contributed by atoms with Crippen LogP contribution >= 0.6 is 11.3 Å². The number of nitrogens with one attached hydrogen (secondary N) is 1. The van der Waals surface area contributed by atoms with E-state index >= 15 is 0 Å². The molecule has 2 amide bonds. The van der Waals surface area contributed by atoms with E-state index in [2.05, 4.69) is 10.3 Å². The van der Waals surface area contributed by atoms with Crippen molar-refractivity contribution in [3.63, 3.8) is 0 Å². The molecular formula is C16H20N4O5S. The minimum Gasteiger partial charge on any atom is -0.454 e. The van der Waals surface area contributed by atoms with Gasteiger partial charge in [-0.05, 0) is 19.4 Å². The van der Waals surface area contributed by atoms with Gasteiger partial charge in [0.1, 0.15) is 11.4 Å². The molecule has 9 nitrogen and oxygen atoms in total. The molecule has 2 aromatic rings. The summed E-state index contributed by atoms with van der Waals surface area (Å²) in [6.07, 6.45) is 1.29. The van der Waals surface area contributed by atoms with Crippen LogP contribution in [0.3, 0.4) is 0 Å². The van der Waals surface area contributed by atoms with E-state index in [9.17, 15) is 19.2 Å². The second kappa shape index (κ2) is 8.09. The van der Waals surface area contributed by atoms with Crippen LogP contribution in [0.5, 0.6) is 0 Å². The van der Waals surface area contributed by atoms with Gasteiger partial charge < -0.3 is 15.0 Å². The minimum atomic E-state index is -0.744. The number of carbonyl (C=O) groups is 3. The Bertz CT molecular complexity index is 915. The van der Waals surface area contributed by atoms with E-state index in [0.29, 0.717) is 10.2 Å². The van der Waals surface area contributed by atoms with Crippen LogP contribution in [0.4, 0.5) is 0 Å². The van der Waals surface area contributed by atoms with E-state index < -0.39 is 18.5 Å². The zero-order chi connectivity index (χ0) is 19.4. The number of esters is 1. The van der Waals surface area contributed by atoms with E-state index in [-0.39, 0.29) is 24.6 Å². The number of carbonyl (C=O) groups excluding carboxylic acids is 3. The smallest absolute Gasteiger partial charge is 0.326 e. The molecule has 10 heteroatoms. The normalized spacial score (nSPS) is 10.6. The molecule has 0 atom stereocenters. The summed E-state index contributed by atoms with van der Waals surface area (Å²) in [5, 5.41) is 2.83. The summed E-state index contributed by atoms with van der Waals surface area (Å²) in [5.41, 5.74) is 0.519. The van der Waals surface area contributed by atoms with Crippen molar-refractivity contribution in [2.75, 3.05) is 27.2 Å². The predicted molar refractivity (Wildman–Crippen MR) is 96.0 cm³/mol. The lowest BCUT2D eigenvalue weighted by Crippen LogP contribution is -2.38. The van der Waals surface area contributed by atoms with Crippen molar-refractivity contribution >= 4 is 39.3 Å². The maximum absolute atomic E-state index is 12.5. The van der Waals surface area contributed by atoms with Crippen molar-refractivity contribution < 1.29 is 19.1 Å². The maximum Gasteiger partial charge on any atom is 0.326 e. The Morgan fingerprint density at radius 1 is 1.31 bits per heavy atom. The van der Waals surface area contributed by atoms with Crippen molar-refractivity contribution in [1.82, 2.24) is 19.8 Å². The number of amides is 2. The molecule has 0 saturated carbocycles. The van der Waals surface area contributed by atoms with Gasteiger partial charge in [-0.25, -0.2) is 4.98 Å². The maximum atomic E-state index is 12.5. The Balaban J connectivity index is 1.94. The molecule has 0 radical (unpaired) electrons. The van der Waals surface area contributed by atoms with Crippen LogP contribution in [0.25, 0.3) is 10.2 Å². The Hall–Kier alpha value is -2.75. The van der Waals surface area contributed by atoms with Gasteiger partial charge in [-0.1, -0.05) is 0 Å². The number of hydrogen-bond acceptors (Lipinski definition) is 7. The fourth-order valence-electron chi connectivity index (χ4n) is 2.10. The summed E-state index contributed by atoms with van der Waals surface area (Å²) in [6.45, 7) is 2.68. The number of likely N-dealkylation sites (N-methyl/N-ethyl adjacent to an activating group) is 1. The molecule has 26 heavy (non-hydrogen) atoms. The minimum absolute atomic E-state index is 0.180. The molecule has 0 fully saturated rings. The Morgan fingerprint density at radius 2 is 2.00 bits per heavy atom. The van der Waals surface area contributed by atoms with E-state index in [1.165, 1.54) is 22.6 Å². The third-order valence-corrected chi connectivity index (χ3v) is 4.87. The molecule has 0 aliphatic carbocycles. The molecule has 0 aliphatic heterocycles. The average Bonchev–Trinajstić information content (AvgIpc) is 2.88. The van der Waals surface area contributed by atoms with Crippen LogP contribution in [0.2, 0.25) is 0 Å². The second-order valence-electron chi connectivity index (χ2n) is 5.87. The summed E-state index contributed by atoms with van der Waals surface area (Å²) >= 11 is 1.42. The zero-order valence-corrected chi connectivity index (χ0v) is 15.8. The predicted octanol–water partition coefficient (Wildman–Crippen LogP) is -0.178. The first kappa shape index (κ1) is 19.6. The topological polar surface area (TPSA) is 111 Å². The van der Waals surface area contributed by atoms with Gasteiger partial charge in [0.25, 0.3) is 11.5 Å². The highest BCUT2D eigenvalue weighted by Gasteiger charge is 2.15. The van der Waals surface area contributed by atoms with Gasteiger partial charge in [0.2, 0.25) is 5.91 Å². The second-order valence-corrected chi connectivity index (χ2v) is 7.07. The fourth-order valence-corrected chi connectivity index (χ4v) is 3.08. The van der Waals surface area contributed by atoms with Gasteiger partial charge in [-0.15, -0.1) is 11.3 Å². The largest absolute Gasteiger partial charge is 0.454 e. The van der Waals surface area contributed by atoms with Gasteiger partial charge in [-0.2, -0.15) is 0 Å². The van der Waals surface area contributed by atoms with Crippen LogP contribution in [0.1, 0.15) is 10.4 Å². The molecule has 140 valence electrons. The monoisotopic (exact) mass is 380 g/mol. The highest BCUT2D eigenvalue weighted by Crippen LogP contribution is 2.25. The molecule has 2 heterocycles. The summed E-state index contributed by atoms with van der Waals surface area (Å²) in [7, 11) is 3.13. The standard InChI is InChI=1S/C16H20N4O5S/c1-9-10(2)26-15-14(9)16(24)20(8-18-15)6-13(23)25-7-11(21)17-5-12(22)19(3)4/h8H,5-7H2,1-4H3,(H,17,21). The summed E-state index contributed by atoms with van der Waals surface area (Å²) in [4.78, 5) is 54.4. The highest BCUT2D eigenvalue weighted by molar-refractivity contribution is 7.18. The molecule has 2 aromatic heterocycles. The molecule has 1 N–H and O–H groups in total. The molecule has 0 aliphatic rings. The van der Waals surface area contributed by atoms with E-state index in [1.54, 1.807) is 14.1 Å². The number of rotatable bonds is 6. The van der Waals surface area contributed by atoms with Gasteiger partial charge in [0.05, 0.1) is 18.3 Å². The van der Waals surface area contributed by atoms with Crippen LogP contribution in [0, 0.1) is 13.8 Å². The first-order valence-corrected chi connectivity index (χ1v) is 8.60. The molecule has 0 aromatic carbocycles. The summed E-state index contributed by atoms with van der Waals surface area (Å²) in [6, 6.07) is 0. The molecule has 0 unspecified atom stereocenters. The molecule has 0 spiro atoms. The lowest BCUT2D eigenvalue weighted by Gasteiger charge is -2.11. The number of aryl methyl sites for hydroxylation is 2. The van der Waals surface area contributed by atoms with Crippen molar-refractivity contribution in [3.05, 3.63) is 27.1 Å². The average molecular weight is 380 g/mol. The number of nitrogens with zero attached hydrogens (tertiary/aromatic N) is 3. The number of aromatic nitrogens is 2. The number of fused-ring (bicyclic) bond motifs is 1. The van der Waals surface area contributed by atoms with E-state index in [0.717, 1.165) is 15.0 Å². The van der Waals surface area contributed by atoms with E-state index in [1.807, 2.05) is 13.8 Å². The fraction of sp³-hybridized carbons (Fsp3) is 0.438. The zero-order valence-electron chi connectivity index (χ0n) is 15.0. The van der Waals surface area contributed by atoms with Gasteiger partial charge in [0.15, 0.2) is 6.61 Å². The van der Waals surface area contributed by atoms with Gasteiger partial charge in [0, 0.05) is 19.0 Å². The number of thiophene rings is 1. The van der Waals surface area contributed by atoms with Gasteiger partial charge >= 0.3 is 5.97 Å². The Morgan fingerprint density at radius 3 is 2.65 bits per heavy atom. The lowest BCUT2D eigenvalue weighted by molar-refractivity contribution is -0.149. The first-order chi connectivity index (χ1) is 12.2. The third-order valence-electron chi connectivity index (χ3n) is 3.76. The number of hydrogen-bond donors (Lipinski definition) is 1. The number of ether oxygens (including phenoxy) is 1. The first-order valence-electron chi connectivity index (χ1n) is 7.78. The molecule has 0 bridgehead atoms. The van der Waals surface area contributed by atoms with Crippen LogP contribution in [0.15, 0.2) is 11.1 Å². The van der Waals surface area contributed by atoms with Crippen molar-refractivity contribution in [3.8, 4) is 0 Å². The van der Waals surface area contributed by atoms with E-state index in [4.69, 9.17) is 4.74 Å². The van der Waals surface area contributed by atoms with Crippen LogP contribution < -0.4 is 10.9 Å². The van der Waals surface area contributed by atoms with Crippen molar-refractivity contribution in [2.24, 2.45) is 0 Å². The molecule has 0 saturated heterocycles.